The van der Waals surface area contributed by atoms with E-state index in [1.807, 2.05) is 0 Å². The molecule has 0 radical (unpaired) electrons. The number of para-hydroxylation sites is 1. The summed E-state index contributed by atoms with van der Waals surface area (Å²) in [7, 11) is -2.78. The summed E-state index contributed by atoms with van der Waals surface area (Å²) < 4.78 is 24.3. The van der Waals surface area contributed by atoms with E-state index in [1.165, 1.54) is 0 Å². The van der Waals surface area contributed by atoms with Crippen molar-refractivity contribution in [2.45, 2.75) is 0 Å². The molecule has 0 heterocycles. The Labute approximate surface area is 58.5 Å². The Kier molecular flexibility index (Phi) is 2.24. The van der Waals surface area contributed by atoms with Gasteiger partial charge in [0.2, 0.25) is 0 Å². The molecule has 3 nitrogen and oxygen atoms in total. The van der Waals surface area contributed by atoms with Crippen LogP contribution in [0.25, 0.3) is 0 Å². The highest BCUT2D eigenvalue weighted by Crippen LogP contribution is 2.16. The molecule has 1 rings (SSSR count). The summed E-state index contributed by atoms with van der Waals surface area (Å²) in [4.78, 5) is 0. The predicted molar refractivity (Wildman–Crippen MR) is 35.4 cm³/mol. The Morgan fingerprint density at radius 1 is 1.10 bits per heavy atom. The molecule has 0 N–H and O–H groups in total. The molecule has 0 spiro atoms. The first-order valence-corrected chi connectivity index (χ1v) is 3.76. The highest BCUT2D eigenvalue weighted by Gasteiger charge is 1.92. The first-order valence-electron chi connectivity index (χ1n) is 2.66. The van der Waals surface area contributed by atoms with Gasteiger partial charge in [-0.05, 0) is 12.1 Å². The van der Waals surface area contributed by atoms with Crippen LogP contribution in [0, 0.1) is 0 Å². The smallest absolute Gasteiger partial charge is 0.387 e. The third-order valence-electron chi connectivity index (χ3n) is 0.923. The predicted octanol–water partition coefficient (Wildman–Crippen LogP) is 2.15. The Morgan fingerprint density at radius 3 is 2.20 bits per heavy atom. The van der Waals surface area contributed by atoms with Crippen molar-refractivity contribution in [3.05, 3.63) is 30.3 Å². The second-order valence-electron chi connectivity index (χ2n) is 1.63. The molecule has 1 aromatic rings. The van der Waals surface area contributed by atoms with Gasteiger partial charge in [-0.1, -0.05) is 18.2 Å². The van der Waals surface area contributed by atoms with Gasteiger partial charge >= 0.3 is 7.91 Å². The maximum atomic E-state index is 9.98. The summed E-state index contributed by atoms with van der Waals surface area (Å²) in [5.41, 5.74) is 0. The van der Waals surface area contributed by atoms with Gasteiger partial charge in [0.1, 0.15) is 5.75 Å². The maximum Gasteiger partial charge on any atom is 0.529 e. The zero-order chi connectivity index (χ0) is 7.40. The van der Waals surface area contributed by atoms with Crippen LogP contribution in [0.3, 0.4) is 0 Å². The van der Waals surface area contributed by atoms with E-state index in [0.29, 0.717) is 5.75 Å². The molecule has 0 aromatic heterocycles. The molecule has 0 aliphatic heterocycles. The summed E-state index contributed by atoms with van der Waals surface area (Å²) >= 11 is 0. The zero-order valence-electron chi connectivity index (χ0n) is 5.06. The van der Waals surface area contributed by atoms with Crippen LogP contribution in [0.5, 0.6) is 5.75 Å². The van der Waals surface area contributed by atoms with E-state index in [0.717, 1.165) is 0 Å². The van der Waals surface area contributed by atoms with Crippen molar-refractivity contribution in [3.8, 4) is 5.75 Å². The fourth-order valence-electron chi connectivity index (χ4n) is 0.567. The molecule has 0 amide bonds. The lowest BCUT2D eigenvalue weighted by molar-refractivity contribution is 0.438. The average molecular weight is 156 g/mol. The largest absolute Gasteiger partial charge is 0.529 e. The minimum absolute atomic E-state index is 0.346. The van der Waals surface area contributed by atoms with Gasteiger partial charge in [-0.2, -0.15) is 9.13 Å². The molecule has 4 heteroatoms. The van der Waals surface area contributed by atoms with E-state index in [1.54, 1.807) is 30.3 Å². The molecule has 0 aliphatic carbocycles. The van der Waals surface area contributed by atoms with Crippen LogP contribution >= 0.6 is 7.91 Å². The van der Waals surface area contributed by atoms with Crippen molar-refractivity contribution < 1.29 is 13.7 Å². The number of hydrogen-bond donors (Lipinski definition) is 0. The second kappa shape index (κ2) is 3.18. The third-order valence-corrected chi connectivity index (χ3v) is 1.28. The quantitative estimate of drug-likeness (QED) is 0.616. The normalized spacial score (nSPS) is 8.80. The van der Waals surface area contributed by atoms with E-state index in [9.17, 15) is 9.13 Å². The first kappa shape index (κ1) is 7.03. The summed E-state index contributed by atoms with van der Waals surface area (Å²) in [6.45, 7) is 0. The topological polar surface area (TPSA) is 43.4 Å². The summed E-state index contributed by atoms with van der Waals surface area (Å²) in [5, 5.41) is 0. The van der Waals surface area contributed by atoms with Crippen molar-refractivity contribution in [2.24, 2.45) is 0 Å². The minimum Gasteiger partial charge on any atom is -0.387 e. The van der Waals surface area contributed by atoms with E-state index >= 15 is 0 Å². The lowest BCUT2D eigenvalue weighted by Gasteiger charge is -1.91. The monoisotopic (exact) mass is 156 g/mol. The Balaban J connectivity index is 2.77. The Hall–Kier alpha value is -1.08. The van der Waals surface area contributed by atoms with Gasteiger partial charge in [0.25, 0.3) is 0 Å². The van der Waals surface area contributed by atoms with Gasteiger partial charge in [-0.15, -0.1) is 0 Å². The average Bonchev–Trinajstić information content (AvgIpc) is 1.88. The van der Waals surface area contributed by atoms with Crippen LogP contribution in [-0.4, -0.2) is 0 Å². The highest BCUT2D eigenvalue weighted by molar-refractivity contribution is 7.25. The summed E-state index contributed by atoms with van der Waals surface area (Å²) in [6.07, 6.45) is 0. The van der Waals surface area contributed by atoms with Gasteiger partial charge < -0.3 is 4.52 Å². The molecule has 1 aromatic carbocycles. The SMILES string of the molecule is O=P(=O)Oc1ccccc1. The van der Waals surface area contributed by atoms with Crippen LogP contribution in [-0.2, 0) is 9.13 Å². The van der Waals surface area contributed by atoms with Crippen molar-refractivity contribution in [2.75, 3.05) is 0 Å². The van der Waals surface area contributed by atoms with Crippen LogP contribution in [0.4, 0.5) is 0 Å². The van der Waals surface area contributed by atoms with Gasteiger partial charge in [0.15, 0.2) is 0 Å². The lowest BCUT2D eigenvalue weighted by atomic mass is 10.3. The fourth-order valence-corrected chi connectivity index (χ4v) is 0.861. The molecule has 0 aliphatic rings. The lowest BCUT2D eigenvalue weighted by Crippen LogP contribution is -1.72. The van der Waals surface area contributed by atoms with Crippen LogP contribution in [0.1, 0.15) is 0 Å². The maximum absolute atomic E-state index is 9.98. The summed E-state index contributed by atoms with van der Waals surface area (Å²) in [6, 6.07) is 8.34. The molecule has 0 saturated carbocycles. The van der Waals surface area contributed by atoms with Gasteiger partial charge in [0.05, 0.1) is 0 Å². The van der Waals surface area contributed by atoms with Gasteiger partial charge in [-0.3, -0.25) is 0 Å². The van der Waals surface area contributed by atoms with E-state index in [-0.39, 0.29) is 0 Å². The van der Waals surface area contributed by atoms with Crippen molar-refractivity contribution in [1.82, 2.24) is 0 Å². The Bertz CT molecular complexity index is 258. The molecular formula is C6H5O3P. The van der Waals surface area contributed by atoms with Crippen LogP contribution < -0.4 is 4.52 Å². The molecule has 0 unspecified atom stereocenters. The van der Waals surface area contributed by atoms with Gasteiger partial charge in [0, 0.05) is 0 Å². The van der Waals surface area contributed by atoms with E-state index in [2.05, 4.69) is 4.52 Å². The van der Waals surface area contributed by atoms with Gasteiger partial charge in [-0.25, -0.2) is 0 Å². The second-order valence-corrected chi connectivity index (χ2v) is 2.26. The van der Waals surface area contributed by atoms with Crippen LogP contribution in [0.2, 0.25) is 0 Å². The summed E-state index contributed by atoms with van der Waals surface area (Å²) in [5.74, 6) is 0.346. The molecule has 0 bridgehead atoms. The molecular weight excluding hydrogens is 151 g/mol. The number of benzene rings is 1. The molecule has 0 saturated heterocycles. The fraction of sp³-hybridized carbons (Fsp3) is 0. The highest BCUT2D eigenvalue weighted by atomic mass is 31.1. The standard InChI is InChI=1S/C6H5O3P/c7-10(8)9-6-4-2-1-3-5-6/h1-5H. The molecule has 52 valence electrons. The van der Waals surface area contributed by atoms with Crippen LogP contribution in [0.15, 0.2) is 30.3 Å². The first-order chi connectivity index (χ1) is 4.79. The molecule has 0 atom stereocenters. The van der Waals surface area contributed by atoms with E-state index in [4.69, 9.17) is 0 Å². The number of hydrogen-bond acceptors (Lipinski definition) is 3. The van der Waals surface area contributed by atoms with Crippen molar-refractivity contribution in [3.63, 3.8) is 0 Å². The number of rotatable bonds is 2. The zero-order valence-corrected chi connectivity index (χ0v) is 5.95. The Morgan fingerprint density at radius 2 is 1.70 bits per heavy atom. The minimum atomic E-state index is -2.78. The molecule has 10 heavy (non-hydrogen) atoms. The van der Waals surface area contributed by atoms with E-state index < -0.39 is 7.91 Å². The third kappa shape index (κ3) is 2.03. The molecule has 0 fully saturated rings. The van der Waals surface area contributed by atoms with Crippen molar-refractivity contribution in [1.29, 1.82) is 0 Å². The van der Waals surface area contributed by atoms with Crippen molar-refractivity contribution >= 4 is 7.91 Å².